The van der Waals surface area contributed by atoms with Crippen LogP contribution in [0.25, 0.3) is 5.76 Å². The number of likely N-dealkylation sites (tertiary alicyclic amines) is 1. The van der Waals surface area contributed by atoms with E-state index in [0.717, 1.165) is 25.2 Å². The van der Waals surface area contributed by atoms with Gasteiger partial charge in [0.15, 0.2) is 0 Å². The lowest BCUT2D eigenvalue weighted by Crippen LogP contribution is -2.39. The van der Waals surface area contributed by atoms with Crippen LogP contribution in [-0.4, -0.2) is 72.6 Å². The second-order valence-corrected chi connectivity index (χ2v) is 8.73. The third kappa shape index (κ3) is 5.23. The first-order valence-electron chi connectivity index (χ1n) is 12.0. The molecule has 2 aliphatic heterocycles. The number of ketones is 1. The Morgan fingerprint density at radius 1 is 1.14 bits per heavy atom. The lowest BCUT2D eigenvalue weighted by atomic mass is 9.94. The van der Waals surface area contributed by atoms with Gasteiger partial charge in [-0.3, -0.25) is 14.5 Å². The van der Waals surface area contributed by atoms with Crippen LogP contribution in [0.3, 0.4) is 0 Å². The highest BCUT2D eigenvalue weighted by Crippen LogP contribution is 2.40. The summed E-state index contributed by atoms with van der Waals surface area (Å²) in [6.45, 7) is 8.16. The van der Waals surface area contributed by atoms with Gasteiger partial charge in [0.05, 0.1) is 31.4 Å². The molecule has 1 atom stereocenters. The molecule has 0 aliphatic carbocycles. The molecule has 2 fully saturated rings. The summed E-state index contributed by atoms with van der Waals surface area (Å²) in [5, 5.41) is 11.2. The van der Waals surface area contributed by atoms with Crippen molar-refractivity contribution in [3.63, 3.8) is 0 Å². The molecule has 0 aromatic heterocycles. The van der Waals surface area contributed by atoms with Crippen LogP contribution in [0, 0.1) is 12.7 Å². The van der Waals surface area contributed by atoms with Crippen LogP contribution < -0.4 is 4.74 Å². The second-order valence-electron chi connectivity index (χ2n) is 8.73. The summed E-state index contributed by atoms with van der Waals surface area (Å²) in [4.78, 5) is 29.9. The van der Waals surface area contributed by atoms with E-state index in [4.69, 9.17) is 9.47 Å². The Labute approximate surface area is 204 Å². The topological polar surface area (TPSA) is 79.3 Å². The van der Waals surface area contributed by atoms with Gasteiger partial charge in [0, 0.05) is 37.3 Å². The lowest BCUT2D eigenvalue weighted by Gasteiger charge is -2.29. The minimum Gasteiger partial charge on any atom is -0.507 e. The molecule has 2 aromatic rings. The Bertz CT molecular complexity index is 1130. The van der Waals surface area contributed by atoms with Crippen molar-refractivity contribution in [1.29, 1.82) is 0 Å². The van der Waals surface area contributed by atoms with Gasteiger partial charge in [-0.15, -0.1) is 0 Å². The molecule has 0 bridgehead atoms. The van der Waals surface area contributed by atoms with Crippen LogP contribution in [0.5, 0.6) is 5.75 Å². The number of aryl methyl sites for hydroxylation is 1. The monoisotopic (exact) mass is 482 g/mol. The van der Waals surface area contributed by atoms with E-state index < -0.39 is 23.5 Å². The number of benzene rings is 2. The molecule has 35 heavy (non-hydrogen) atoms. The third-order valence-corrected chi connectivity index (χ3v) is 6.47. The van der Waals surface area contributed by atoms with Gasteiger partial charge >= 0.3 is 0 Å². The van der Waals surface area contributed by atoms with Gasteiger partial charge in [-0.2, -0.15) is 0 Å². The molecule has 2 aliphatic rings. The molecule has 2 aromatic carbocycles. The largest absolute Gasteiger partial charge is 0.507 e. The average Bonchev–Trinajstić information content (AvgIpc) is 3.11. The molecule has 186 valence electrons. The summed E-state index contributed by atoms with van der Waals surface area (Å²) in [7, 11) is 0. The zero-order valence-corrected chi connectivity index (χ0v) is 20.1. The van der Waals surface area contributed by atoms with Gasteiger partial charge in [-0.05, 0) is 50.1 Å². The highest BCUT2D eigenvalue weighted by Gasteiger charge is 2.46. The third-order valence-electron chi connectivity index (χ3n) is 6.47. The van der Waals surface area contributed by atoms with E-state index >= 15 is 0 Å². The fraction of sp³-hybridized carbons (Fsp3) is 0.407. The minimum absolute atomic E-state index is 0.102. The lowest BCUT2D eigenvalue weighted by molar-refractivity contribution is -0.140. The van der Waals surface area contributed by atoms with Gasteiger partial charge in [0.2, 0.25) is 0 Å². The van der Waals surface area contributed by atoms with Crippen molar-refractivity contribution in [3.8, 4) is 5.75 Å². The summed E-state index contributed by atoms with van der Waals surface area (Å²) in [6, 6.07) is 10.1. The first-order chi connectivity index (χ1) is 16.9. The normalized spacial score (nSPS) is 20.4. The average molecular weight is 483 g/mol. The first kappa shape index (κ1) is 24.9. The van der Waals surface area contributed by atoms with Crippen molar-refractivity contribution in [2.45, 2.75) is 26.3 Å². The molecule has 0 spiro atoms. The SMILES string of the molecule is CCOc1ccc(C(O)=C2C(=O)C(=O)N(CCCN3CCOCC3)C2c2ccccc2F)cc1C. The fourth-order valence-corrected chi connectivity index (χ4v) is 4.69. The highest BCUT2D eigenvalue weighted by atomic mass is 19.1. The maximum absolute atomic E-state index is 14.9. The first-order valence-corrected chi connectivity index (χ1v) is 12.0. The molecule has 1 unspecified atom stereocenters. The zero-order chi connectivity index (χ0) is 24.9. The number of rotatable bonds is 8. The molecular formula is C27H31FN2O5. The number of aliphatic hydroxyl groups is 1. The predicted molar refractivity (Wildman–Crippen MR) is 130 cm³/mol. The van der Waals surface area contributed by atoms with Crippen molar-refractivity contribution >= 4 is 17.4 Å². The number of hydrogen-bond acceptors (Lipinski definition) is 6. The number of amides is 1. The van der Waals surface area contributed by atoms with E-state index in [2.05, 4.69) is 4.90 Å². The standard InChI is InChI=1S/C27H31FN2O5/c1-3-35-22-10-9-19(17-18(22)2)25(31)23-24(20-7-4-5-8-21(20)28)30(27(33)26(23)32)12-6-11-29-13-15-34-16-14-29/h4-5,7-10,17,24,31H,3,6,11-16H2,1-2H3. The van der Waals surface area contributed by atoms with Crippen LogP contribution in [0.1, 0.15) is 36.1 Å². The van der Waals surface area contributed by atoms with Crippen LogP contribution in [-0.2, 0) is 14.3 Å². The van der Waals surface area contributed by atoms with Crippen LogP contribution in [0.15, 0.2) is 48.0 Å². The molecular weight excluding hydrogens is 451 g/mol. The van der Waals surface area contributed by atoms with E-state index in [0.29, 0.717) is 37.6 Å². The number of Topliss-reactive ketones (excluding diaryl/α,β-unsaturated/α-hetero) is 1. The van der Waals surface area contributed by atoms with Gasteiger partial charge in [-0.25, -0.2) is 4.39 Å². The smallest absolute Gasteiger partial charge is 0.295 e. The van der Waals surface area contributed by atoms with E-state index in [1.54, 1.807) is 36.4 Å². The van der Waals surface area contributed by atoms with Crippen molar-refractivity contribution in [2.75, 3.05) is 46.0 Å². The van der Waals surface area contributed by atoms with Gasteiger partial charge in [0.25, 0.3) is 11.7 Å². The number of ether oxygens (including phenoxy) is 2. The van der Waals surface area contributed by atoms with E-state index in [1.165, 1.54) is 11.0 Å². The number of morpholine rings is 1. The molecule has 0 saturated carbocycles. The van der Waals surface area contributed by atoms with Crippen LogP contribution >= 0.6 is 0 Å². The molecule has 2 heterocycles. The van der Waals surface area contributed by atoms with Crippen LogP contribution in [0.2, 0.25) is 0 Å². The van der Waals surface area contributed by atoms with Crippen molar-refractivity contribution < 1.29 is 28.6 Å². The maximum atomic E-state index is 14.9. The summed E-state index contributed by atoms with van der Waals surface area (Å²) >= 11 is 0. The Morgan fingerprint density at radius 3 is 2.57 bits per heavy atom. The highest BCUT2D eigenvalue weighted by molar-refractivity contribution is 6.46. The van der Waals surface area contributed by atoms with Crippen molar-refractivity contribution in [1.82, 2.24) is 9.80 Å². The van der Waals surface area contributed by atoms with E-state index in [-0.39, 0.29) is 23.4 Å². The maximum Gasteiger partial charge on any atom is 0.295 e. The Morgan fingerprint density at radius 2 is 1.89 bits per heavy atom. The summed E-state index contributed by atoms with van der Waals surface area (Å²) < 4.78 is 25.9. The van der Waals surface area contributed by atoms with Gasteiger partial charge in [0.1, 0.15) is 17.3 Å². The quantitative estimate of drug-likeness (QED) is 0.351. The van der Waals surface area contributed by atoms with Crippen molar-refractivity contribution in [2.24, 2.45) is 0 Å². The second kappa shape index (κ2) is 11.0. The number of halogens is 1. The minimum atomic E-state index is -1.01. The van der Waals surface area contributed by atoms with Gasteiger partial charge < -0.3 is 19.5 Å². The molecule has 4 rings (SSSR count). The fourth-order valence-electron chi connectivity index (χ4n) is 4.69. The van der Waals surface area contributed by atoms with Gasteiger partial charge in [-0.1, -0.05) is 18.2 Å². The molecule has 2 saturated heterocycles. The number of carbonyl (C=O) groups is 2. The number of hydrogen-bond donors (Lipinski definition) is 1. The van der Waals surface area contributed by atoms with Crippen LogP contribution in [0.4, 0.5) is 4.39 Å². The van der Waals surface area contributed by atoms with E-state index in [9.17, 15) is 19.1 Å². The zero-order valence-electron chi connectivity index (χ0n) is 20.1. The molecule has 1 amide bonds. The predicted octanol–water partition coefficient (Wildman–Crippen LogP) is 3.68. The van der Waals surface area contributed by atoms with E-state index in [1.807, 2.05) is 13.8 Å². The summed E-state index contributed by atoms with van der Waals surface area (Å²) in [5.41, 5.74) is 1.23. The molecule has 1 N–H and O–H groups in total. The Hall–Kier alpha value is -3.23. The molecule has 8 heteroatoms. The summed E-state index contributed by atoms with van der Waals surface area (Å²) in [6.07, 6.45) is 0.611. The van der Waals surface area contributed by atoms with Crippen molar-refractivity contribution in [3.05, 3.63) is 70.5 Å². The molecule has 0 radical (unpaired) electrons. The Kier molecular flexibility index (Phi) is 7.83. The Balaban J connectivity index is 1.69. The number of carbonyl (C=O) groups excluding carboxylic acids is 2. The summed E-state index contributed by atoms with van der Waals surface area (Å²) in [5.74, 6) is -1.74. The number of nitrogens with zero attached hydrogens (tertiary/aromatic N) is 2. The molecule has 7 nitrogen and oxygen atoms in total. The number of aliphatic hydroxyl groups excluding tert-OH is 1.